The van der Waals surface area contributed by atoms with Crippen molar-refractivity contribution >= 4 is 21.5 Å². The number of aromatic nitrogens is 3. The Hall–Kier alpha value is -7.22. The van der Waals surface area contributed by atoms with Gasteiger partial charge in [-0.15, -0.1) is 0 Å². The largest absolute Gasteiger partial charge is 0.208 e. The van der Waals surface area contributed by atoms with Crippen LogP contribution in [0.15, 0.2) is 182 Å². The average molecular weight is 663 g/mol. The Morgan fingerprint density at radius 1 is 0.327 bits per heavy atom. The van der Waals surface area contributed by atoms with E-state index >= 15 is 0 Å². The lowest BCUT2D eigenvalue weighted by molar-refractivity contribution is 1.08. The molecule has 0 spiro atoms. The topological polar surface area (TPSA) is 62.5 Å². The summed E-state index contributed by atoms with van der Waals surface area (Å²) in [7, 11) is 0. The Morgan fingerprint density at radius 3 is 1.48 bits per heavy atom. The first kappa shape index (κ1) is 30.8. The van der Waals surface area contributed by atoms with Gasteiger partial charge in [-0.1, -0.05) is 152 Å². The normalized spacial score (nSPS) is 11.1. The Labute approximate surface area is 302 Å². The highest BCUT2D eigenvalue weighted by Gasteiger charge is 2.18. The predicted octanol–water partition coefficient (Wildman–Crippen LogP) is 12.1. The smallest absolute Gasteiger partial charge is 0.164 e. The summed E-state index contributed by atoms with van der Waals surface area (Å²) in [5.74, 6) is 1.85. The first-order valence-corrected chi connectivity index (χ1v) is 17.2. The fourth-order valence-electron chi connectivity index (χ4n) is 6.96. The fraction of sp³-hybridized carbons (Fsp3) is 0. The maximum absolute atomic E-state index is 9.23. The molecule has 0 saturated heterocycles. The van der Waals surface area contributed by atoms with Crippen LogP contribution in [0.2, 0.25) is 0 Å². The van der Waals surface area contributed by atoms with Gasteiger partial charge in [0.2, 0.25) is 0 Å². The molecule has 0 unspecified atom stereocenters. The van der Waals surface area contributed by atoms with Gasteiger partial charge in [-0.2, -0.15) is 5.26 Å². The van der Waals surface area contributed by atoms with Crippen molar-refractivity contribution in [3.63, 3.8) is 0 Å². The number of fused-ring (bicyclic) bond motifs is 2. The number of rotatable bonds is 6. The summed E-state index contributed by atoms with van der Waals surface area (Å²) in [6.45, 7) is 0. The van der Waals surface area contributed by atoms with Crippen molar-refractivity contribution in [3.8, 4) is 73.6 Å². The van der Waals surface area contributed by atoms with Crippen LogP contribution in [0.3, 0.4) is 0 Å². The molecule has 0 atom stereocenters. The van der Waals surface area contributed by atoms with Gasteiger partial charge in [0.05, 0.1) is 11.6 Å². The number of nitriles is 1. The summed E-state index contributed by atoms with van der Waals surface area (Å²) >= 11 is 0. The maximum atomic E-state index is 9.23. The van der Waals surface area contributed by atoms with E-state index in [9.17, 15) is 5.26 Å². The summed E-state index contributed by atoms with van der Waals surface area (Å²) in [5, 5.41) is 13.6. The highest BCUT2D eigenvalue weighted by Crippen LogP contribution is 2.37. The van der Waals surface area contributed by atoms with Crippen molar-refractivity contribution < 1.29 is 0 Å². The van der Waals surface area contributed by atoms with Crippen LogP contribution in [0.5, 0.6) is 0 Å². The average Bonchev–Trinajstić information content (AvgIpc) is 3.23. The van der Waals surface area contributed by atoms with Crippen molar-refractivity contribution in [3.05, 3.63) is 188 Å². The van der Waals surface area contributed by atoms with Gasteiger partial charge in [-0.3, -0.25) is 0 Å². The van der Waals surface area contributed by atoms with Crippen molar-refractivity contribution in [2.24, 2.45) is 0 Å². The molecule has 0 aliphatic carbocycles. The third kappa shape index (κ3) is 5.77. The Balaban J connectivity index is 1.22. The molecule has 1 aromatic heterocycles. The molecule has 0 fully saturated rings. The molecular weight excluding hydrogens is 633 g/mol. The van der Waals surface area contributed by atoms with Gasteiger partial charge in [-0.25, -0.2) is 15.0 Å². The molecule has 0 amide bonds. The van der Waals surface area contributed by atoms with Crippen LogP contribution in [-0.2, 0) is 0 Å². The predicted molar refractivity (Wildman–Crippen MR) is 212 cm³/mol. The highest BCUT2D eigenvalue weighted by molar-refractivity contribution is 6.04. The monoisotopic (exact) mass is 662 g/mol. The van der Waals surface area contributed by atoms with Crippen LogP contribution in [0.1, 0.15) is 5.56 Å². The standard InChI is InChI=1S/C48H30N4/c49-31-32-19-21-33(22-20-32)36-23-24-38-30-39(26-25-37(38)29-36)46-50-47(44-18-10-7-15-40(44)34-11-3-1-4-12-34)52-48(51-46)45-28-27-41(35-13-5-2-6-14-35)42-16-8-9-17-43(42)45/h1-30H. The summed E-state index contributed by atoms with van der Waals surface area (Å²) in [4.78, 5) is 15.6. The molecule has 9 rings (SSSR count). The van der Waals surface area contributed by atoms with Gasteiger partial charge in [0, 0.05) is 16.7 Å². The molecule has 0 aliphatic heterocycles. The van der Waals surface area contributed by atoms with Crippen LogP contribution in [0.4, 0.5) is 0 Å². The minimum Gasteiger partial charge on any atom is -0.208 e. The molecule has 242 valence electrons. The number of nitrogens with zero attached hydrogens (tertiary/aromatic N) is 4. The van der Waals surface area contributed by atoms with Crippen LogP contribution >= 0.6 is 0 Å². The lowest BCUT2D eigenvalue weighted by atomic mass is 9.94. The van der Waals surface area contributed by atoms with Gasteiger partial charge in [-0.05, 0) is 85.3 Å². The van der Waals surface area contributed by atoms with E-state index < -0.39 is 0 Å². The fourth-order valence-corrected chi connectivity index (χ4v) is 6.96. The quantitative estimate of drug-likeness (QED) is 0.178. The van der Waals surface area contributed by atoms with Gasteiger partial charge in [0.1, 0.15) is 0 Å². The molecule has 4 nitrogen and oxygen atoms in total. The summed E-state index contributed by atoms with van der Waals surface area (Å²) in [6, 6.07) is 64.7. The van der Waals surface area contributed by atoms with Gasteiger partial charge < -0.3 is 0 Å². The van der Waals surface area contributed by atoms with E-state index in [4.69, 9.17) is 15.0 Å². The molecule has 9 aromatic rings. The maximum Gasteiger partial charge on any atom is 0.164 e. The third-order valence-corrected chi connectivity index (χ3v) is 9.58. The second-order valence-corrected chi connectivity index (χ2v) is 12.8. The second kappa shape index (κ2) is 13.2. The van der Waals surface area contributed by atoms with E-state index in [1.165, 1.54) is 5.56 Å². The van der Waals surface area contributed by atoms with E-state index in [0.717, 1.165) is 66.1 Å². The molecule has 4 heteroatoms. The van der Waals surface area contributed by atoms with Gasteiger partial charge in [0.15, 0.2) is 17.5 Å². The third-order valence-electron chi connectivity index (χ3n) is 9.58. The SMILES string of the molecule is N#Cc1ccc(-c2ccc3cc(-c4nc(-c5ccccc5-c5ccccc5)nc(-c5ccc(-c6ccccc6)c6ccccc56)n4)ccc3c2)cc1. The van der Waals surface area contributed by atoms with Crippen molar-refractivity contribution in [2.75, 3.05) is 0 Å². The van der Waals surface area contributed by atoms with Crippen LogP contribution < -0.4 is 0 Å². The van der Waals surface area contributed by atoms with Gasteiger partial charge >= 0.3 is 0 Å². The first-order valence-electron chi connectivity index (χ1n) is 17.2. The molecule has 52 heavy (non-hydrogen) atoms. The Morgan fingerprint density at radius 2 is 0.808 bits per heavy atom. The van der Waals surface area contributed by atoms with Crippen LogP contribution in [-0.4, -0.2) is 15.0 Å². The lowest BCUT2D eigenvalue weighted by Crippen LogP contribution is -2.01. The lowest BCUT2D eigenvalue weighted by Gasteiger charge is -2.14. The Kier molecular flexibility index (Phi) is 7.85. The highest BCUT2D eigenvalue weighted by atomic mass is 15.0. The van der Waals surface area contributed by atoms with E-state index in [-0.39, 0.29) is 0 Å². The zero-order valence-corrected chi connectivity index (χ0v) is 28.1. The molecule has 8 aromatic carbocycles. The minimum absolute atomic E-state index is 0.608. The minimum atomic E-state index is 0.608. The molecule has 0 radical (unpaired) electrons. The van der Waals surface area contributed by atoms with Crippen LogP contribution in [0.25, 0.3) is 89.1 Å². The molecule has 0 N–H and O–H groups in total. The van der Waals surface area contributed by atoms with Crippen molar-refractivity contribution in [1.29, 1.82) is 5.26 Å². The molecular formula is C48H30N4. The number of hydrogen-bond acceptors (Lipinski definition) is 4. The first-order chi connectivity index (χ1) is 25.7. The van der Waals surface area contributed by atoms with Crippen LogP contribution in [0, 0.1) is 11.3 Å². The summed E-state index contributed by atoms with van der Waals surface area (Å²) < 4.78 is 0. The Bertz CT molecular complexity index is 2780. The molecule has 0 bridgehead atoms. The van der Waals surface area contributed by atoms with Crippen molar-refractivity contribution in [2.45, 2.75) is 0 Å². The van der Waals surface area contributed by atoms with E-state index in [1.807, 2.05) is 42.5 Å². The zero-order chi connectivity index (χ0) is 34.9. The van der Waals surface area contributed by atoms with E-state index in [2.05, 4.69) is 146 Å². The molecule has 0 aliphatic rings. The number of benzene rings is 8. The van der Waals surface area contributed by atoms with E-state index in [0.29, 0.717) is 23.0 Å². The zero-order valence-electron chi connectivity index (χ0n) is 28.1. The van der Waals surface area contributed by atoms with E-state index in [1.54, 1.807) is 0 Å². The summed E-state index contributed by atoms with van der Waals surface area (Å²) in [6.07, 6.45) is 0. The second-order valence-electron chi connectivity index (χ2n) is 12.8. The van der Waals surface area contributed by atoms with Gasteiger partial charge in [0.25, 0.3) is 0 Å². The molecule has 1 heterocycles. The summed E-state index contributed by atoms with van der Waals surface area (Å²) in [5.41, 5.74) is 10.1. The number of hydrogen-bond donors (Lipinski definition) is 0. The van der Waals surface area contributed by atoms with Crippen molar-refractivity contribution in [1.82, 2.24) is 15.0 Å². The molecule has 0 saturated carbocycles.